The predicted octanol–water partition coefficient (Wildman–Crippen LogP) is 2.23. The van der Waals surface area contributed by atoms with Gasteiger partial charge in [0.15, 0.2) is 0 Å². The third kappa shape index (κ3) is 4.07. The molecular weight excluding hydrogens is 302 g/mol. The van der Waals surface area contributed by atoms with Gasteiger partial charge in [-0.2, -0.15) is 0 Å². The summed E-state index contributed by atoms with van der Waals surface area (Å²) >= 11 is 0. The smallest absolute Gasteiger partial charge is 0.132 e. The van der Waals surface area contributed by atoms with Crippen LogP contribution < -0.4 is 5.32 Å². The second-order valence-electron chi connectivity index (χ2n) is 5.97. The van der Waals surface area contributed by atoms with Crippen molar-refractivity contribution in [3.05, 3.63) is 47.7 Å². The van der Waals surface area contributed by atoms with Gasteiger partial charge in [-0.3, -0.25) is 9.88 Å². The SMILES string of the molecule is CCc1cnc(C)nc1NC[C@@H](c1ccncc1)N1CCOCC1. The van der Waals surface area contributed by atoms with E-state index in [1.54, 1.807) is 0 Å². The highest BCUT2D eigenvalue weighted by Crippen LogP contribution is 2.23. The van der Waals surface area contributed by atoms with E-state index in [4.69, 9.17) is 4.74 Å². The molecule has 1 aliphatic heterocycles. The molecule has 0 spiro atoms. The fraction of sp³-hybridized carbons (Fsp3) is 0.500. The lowest BCUT2D eigenvalue weighted by Crippen LogP contribution is -2.41. The molecule has 0 bridgehead atoms. The molecule has 1 aliphatic rings. The van der Waals surface area contributed by atoms with Gasteiger partial charge < -0.3 is 10.1 Å². The first-order valence-electron chi connectivity index (χ1n) is 8.56. The Kier molecular flexibility index (Phi) is 5.72. The Balaban J connectivity index is 1.78. The highest BCUT2D eigenvalue weighted by Gasteiger charge is 2.23. The molecule has 6 heteroatoms. The van der Waals surface area contributed by atoms with Gasteiger partial charge in [-0.1, -0.05) is 6.92 Å². The normalized spacial score (nSPS) is 16.8. The molecular formula is C18H25N5O. The van der Waals surface area contributed by atoms with E-state index in [1.807, 2.05) is 25.5 Å². The minimum Gasteiger partial charge on any atom is -0.379 e. The van der Waals surface area contributed by atoms with Gasteiger partial charge >= 0.3 is 0 Å². The highest BCUT2D eigenvalue weighted by atomic mass is 16.5. The van der Waals surface area contributed by atoms with Crippen molar-refractivity contribution in [2.45, 2.75) is 26.3 Å². The second-order valence-corrected chi connectivity index (χ2v) is 5.97. The average Bonchev–Trinajstić information content (AvgIpc) is 2.64. The van der Waals surface area contributed by atoms with Crippen molar-refractivity contribution in [2.75, 3.05) is 38.2 Å². The van der Waals surface area contributed by atoms with Gasteiger partial charge in [-0.05, 0) is 31.0 Å². The summed E-state index contributed by atoms with van der Waals surface area (Å²) in [4.78, 5) is 15.5. The third-order valence-corrected chi connectivity index (χ3v) is 4.41. The summed E-state index contributed by atoms with van der Waals surface area (Å²) in [6.07, 6.45) is 6.55. The maximum Gasteiger partial charge on any atom is 0.132 e. The van der Waals surface area contributed by atoms with E-state index in [-0.39, 0.29) is 6.04 Å². The number of hydrogen-bond donors (Lipinski definition) is 1. The zero-order valence-corrected chi connectivity index (χ0v) is 14.4. The van der Waals surface area contributed by atoms with Crippen LogP contribution in [0.4, 0.5) is 5.82 Å². The Hall–Kier alpha value is -2.05. The number of ether oxygens (including phenoxy) is 1. The number of rotatable bonds is 6. The van der Waals surface area contributed by atoms with E-state index in [9.17, 15) is 0 Å². The zero-order chi connectivity index (χ0) is 16.8. The van der Waals surface area contributed by atoms with Crippen LogP contribution >= 0.6 is 0 Å². The maximum absolute atomic E-state index is 5.51. The van der Waals surface area contributed by atoms with E-state index >= 15 is 0 Å². The fourth-order valence-corrected chi connectivity index (χ4v) is 3.03. The van der Waals surface area contributed by atoms with E-state index in [0.29, 0.717) is 0 Å². The molecule has 24 heavy (non-hydrogen) atoms. The van der Waals surface area contributed by atoms with Gasteiger partial charge in [0.05, 0.1) is 19.3 Å². The van der Waals surface area contributed by atoms with Crippen molar-refractivity contribution < 1.29 is 4.74 Å². The van der Waals surface area contributed by atoms with Gasteiger partial charge in [0.25, 0.3) is 0 Å². The third-order valence-electron chi connectivity index (χ3n) is 4.41. The minimum atomic E-state index is 0.275. The predicted molar refractivity (Wildman–Crippen MR) is 94.0 cm³/mol. The molecule has 0 aromatic carbocycles. The molecule has 0 aliphatic carbocycles. The summed E-state index contributed by atoms with van der Waals surface area (Å²) < 4.78 is 5.51. The van der Waals surface area contributed by atoms with Crippen molar-refractivity contribution in [1.29, 1.82) is 0 Å². The van der Waals surface area contributed by atoms with Crippen molar-refractivity contribution in [2.24, 2.45) is 0 Å². The van der Waals surface area contributed by atoms with Gasteiger partial charge in [-0.25, -0.2) is 9.97 Å². The van der Waals surface area contributed by atoms with Gasteiger partial charge in [0.2, 0.25) is 0 Å². The molecule has 3 heterocycles. The van der Waals surface area contributed by atoms with Gasteiger partial charge in [-0.15, -0.1) is 0 Å². The Bertz CT molecular complexity index is 643. The molecule has 2 aromatic heterocycles. The van der Waals surface area contributed by atoms with Gasteiger partial charge in [0.1, 0.15) is 11.6 Å². The van der Waals surface area contributed by atoms with Gasteiger partial charge in [0, 0.05) is 43.8 Å². The Morgan fingerprint density at radius 3 is 2.71 bits per heavy atom. The van der Waals surface area contributed by atoms with E-state index < -0.39 is 0 Å². The molecule has 6 nitrogen and oxygen atoms in total. The van der Waals surface area contributed by atoms with Crippen LogP contribution in [0.25, 0.3) is 0 Å². The van der Waals surface area contributed by atoms with Crippen LogP contribution in [0.3, 0.4) is 0 Å². The van der Waals surface area contributed by atoms with Crippen LogP contribution in [0.1, 0.15) is 29.9 Å². The summed E-state index contributed by atoms with van der Waals surface area (Å²) in [6.45, 7) is 8.31. The van der Waals surface area contributed by atoms with Crippen LogP contribution in [0.5, 0.6) is 0 Å². The number of anilines is 1. The standard InChI is InChI=1S/C18H25N5O/c1-3-15-12-20-14(2)22-18(15)21-13-17(16-4-6-19-7-5-16)23-8-10-24-11-9-23/h4-7,12,17H,3,8-11,13H2,1-2H3,(H,20,21,22)/t17-/m0/s1. The Labute approximate surface area is 143 Å². The topological polar surface area (TPSA) is 63.2 Å². The molecule has 1 atom stereocenters. The molecule has 0 unspecified atom stereocenters. The highest BCUT2D eigenvalue weighted by molar-refractivity contribution is 5.43. The fourth-order valence-electron chi connectivity index (χ4n) is 3.03. The van der Waals surface area contributed by atoms with Crippen molar-refractivity contribution >= 4 is 5.82 Å². The molecule has 0 saturated carbocycles. The van der Waals surface area contributed by atoms with Crippen molar-refractivity contribution in [1.82, 2.24) is 19.9 Å². The Morgan fingerprint density at radius 1 is 1.25 bits per heavy atom. The molecule has 128 valence electrons. The van der Waals surface area contributed by atoms with Crippen molar-refractivity contribution in [3.63, 3.8) is 0 Å². The molecule has 3 rings (SSSR count). The van der Waals surface area contributed by atoms with Crippen LogP contribution in [0.2, 0.25) is 0 Å². The summed E-state index contributed by atoms with van der Waals surface area (Å²) in [5, 5.41) is 3.55. The van der Waals surface area contributed by atoms with Crippen molar-refractivity contribution in [3.8, 4) is 0 Å². The molecule has 1 N–H and O–H groups in total. The van der Waals surface area contributed by atoms with E-state index in [0.717, 1.165) is 56.5 Å². The monoisotopic (exact) mass is 327 g/mol. The Morgan fingerprint density at radius 2 is 2.00 bits per heavy atom. The first kappa shape index (κ1) is 16.8. The molecule has 0 radical (unpaired) electrons. The molecule has 1 saturated heterocycles. The summed E-state index contributed by atoms with van der Waals surface area (Å²) in [6, 6.07) is 4.46. The zero-order valence-electron chi connectivity index (χ0n) is 14.4. The first-order valence-corrected chi connectivity index (χ1v) is 8.56. The van der Waals surface area contributed by atoms with Crippen LogP contribution in [-0.2, 0) is 11.2 Å². The number of hydrogen-bond acceptors (Lipinski definition) is 6. The number of aromatic nitrogens is 3. The second kappa shape index (κ2) is 8.17. The van der Waals surface area contributed by atoms with Crippen LogP contribution in [0, 0.1) is 6.92 Å². The number of nitrogens with one attached hydrogen (secondary N) is 1. The maximum atomic E-state index is 5.51. The lowest BCUT2D eigenvalue weighted by Gasteiger charge is -2.35. The van der Waals surface area contributed by atoms with Crippen LogP contribution in [-0.4, -0.2) is 52.7 Å². The summed E-state index contributed by atoms with van der Waals surface area (Å²) in [5.41, 5.74) is 2.42. The van der Waals surface area contributed by atoms with E-state index in [1.165, 1.54) is 5.56 Å². The average molecular weight is 327 g/mol. The number of nitrogens with zero attached hydrogens (tertiary/aromatic N) is 4. The first-order chi connectivity index (χ1) is 11.8. The van der Waals surface area contributed by atoms with E-state index in [2.05, 4.69) is 44.2 Å². The number of aryl methyl sites for hydroxylation is 2. The van der Waals surface area contributed by atoms with Crippen LogP contribution in [0.15, 0.2) is 30.7 Å². The lowest BCUT2D eigenvalue weighted by atomic mass is 10.1. The minimum absolute atomic E-state index is 0.275. The largest absolute Gasteiger partial charge is 0.379 e. The molecule has 2 aromatic rings. The summed E-state index contributed by atoms with van der Waals surface area (Å²) in [7, 11) is 0. The molecule has 1 fully saturated rings. The molecule has 0 amide bonds. The lowest BCUT2D eigenvalue weighted by molar-refractivity contribution is 0.0187. The summed E-state index contributed by atoms with van der Waals surface area (Å²) in [5.74, 6) is 1.74. The number of morpholine rings is 1. The quantitative estimate of drug-likeness (QED) is 0.878. The number of pyridine rings is 1.